The lowest BCUT2D eigenvalue weighted by atomic mass is 10.1. The van der Waals surface area contributed by atoms with E-state index in [1.54, 1.807) is 11.8 Å². The molecule has 0 radical (unpaired) electrons. The summed E-state index contributed by atoms with van der Waals surface area (Å²) in [6.07, 6.45) is 0. The van der Waals surface area contributed by atoms with E-state index >= 15 is 0 Å². The third-order valence-electron chi connectivity index (χ3n) is 2.61. The topological polar surface area (TPSA) is 24.4 Å². The van der Waals surface area contributed by atoms with Gasteiger partial charge in [0.2, 0.25) is 0 Å². The lowest BCUT2D eigenvalue weighted by Crippen LogP contribution is -2.12. The van der Waals surface area contributed by atoms with Crippen molar-refractivity contribution in [1.82, 2.24) is 0 Å². The van der Waals surface area contributed by atoms with E-state index in [9.17, 15) is 0 Å². The second kappa shape index (κ2) is 5.93. The maximum Gasteiger partial charge on any atom is 0.161 e. The highest BCUT2D eigenvalue weighted by molar-refractivity contribution is 14.1. The van der Waals surface area contributed by atoms with E-state index in [1.807, 2.05) is 0 Å². The van der Waals surface area contributed by atoms with Crippen molar-refractivity contribution in [3.05, 3.63) is 26.2 Å². The van der Waals surface area contributed by atoms with Gasteiger partial charge in [0.05, 0.1) is 11.7 Å². The molecule has 1 aromatic carbocycles. The molecule has 1 N–H and O–H groups in total. The standard InChI is InChI=1S/C12H14BrIN2S/c1-7(2)11-6-17-12(16-11)15-10-5-8(14)3-4-9(10)13/h3-5,7,11H,6H2,1-2H3,(H,15,16). The van der Waals surface area contributed by atoms with Crippen LogP contribution in [0, 0.1) is 9.49 Å². The van der Waals surface area contributed by atoms with Gasteiger partial charge in [0, 0.05) is 13.8 Å². The van der Waals surface area contributed by atoms with E-state index in [2.05, 4.69) is 75.9 Å². The Balaban J connectivity index is 2.11. The van der Waals surface area contributed by atoms with Crippen molar-refractivity contribution < 1.29 is 0 Å². The van der Waals surface area contributed by atoms with Crippen molar-refractivity contribution in [2.24, 2.45) is 10.9 Å². The Bertz CT molecular complexity index is 448. The molecule has 5 heteroatoms. The summed E-state index contributed by atoms with van der Waals surface area (Å²) in [5.41, 5.74) is 1.09. The fourth-order valence-corrected chi connectivity index (χ4v) is 3.52. The van der Waals surface area contributed by atoms with Crippen molar-refractivity contribution in [2.75, 3.05) is 11.1 Å². The van der Waals surface area contributed by atoms with Crippen LogP contribution in [-0.2, 0) is 0 Å². The number of nitrogens with zero attached hydrogens (tertiary/aromatic N) is 1. The van der Waals surface area contributed by atoms with Gasteiger partial charge in [-0.05, 0) is 62.6 Å². The number of nitrogens with one attached hydrogen (secondary N) is 1. The largest absolute Gasteiger partial charge is 0.334 e. The third-order valence-corrected chi connectivity index (χ3v) is 4.97. The number of anilines is 1. The molecule has 0 saturated heterocycles. The van der Waals surface area contributed by atoms with Crippen LogP contribution >= 0.6 is 50.3 Å². The summed E-state index contributed by atoms with van der Waals surface area (Å²) in [6, 6.07) is 6.71. The van der Waals surface area contributed by atoms with Crippen LogP contribution in [0.4, 0.5) is 5.69 Å². The summed E-state index contributed by atoms with van der Waals surface area (Å²) >= 11 is 7.67. The average molecular weight is 425 g/mol. The van der Waals surface area contributed by atoms with Crippen LogP contribution in [0.5, 0.6) is 0 Å². The van der Waals surface area contributed by atoms with Gasteiger partial charge >= 0.3 is 0 Å². The molecule has 0 aromatic heterocycles. The number of aliphatic imine (C=N–C) groups is 1. The second-order valence-corrected chi connectivity index (χ2v) is 7.41. The summed E-state index contributed by atoms with van der Waals surface area (Å²) in [5.74, 6) is 1.70. The third kappa shape index (κ3) is 3.61. The Morgan fingerprint density at radius 2 is 2.29 bits per heavy atom. The summed E-state index contributed by atoms with van der Waals surface area (Å²) in [7, 11) is 0. The number of amidine groups is 1. The van der Waals surface area contributed by atoms with E-state index in [1.165, 1.54) is 3.57 Å². The summed E-state index contributed by atoms with van der Waals surface area (Å²) in [6.45, 7) is 4.44. The lowest BCUT2D eigenvalue weighted by molar-refractivity contribution is 0.543. The smallest absolute Gasteiger partial charge is 0.161 e. The predicted molar refractivity (Wildman–Crippen MR) is 89.0 cm³/mol. The highest BCUT2D eigenvalue weighted by atomic mass is 127. The Morgan fingerprint density at radius 1 is 1.53 bits per heavy atom. The first kappa shape index (κ1) is 13.7. The molecule has 1 heterocycles. The van der Waals surface area contributed by atoms with Gasteiger partial charge < -0.3 is 5.32 Å². The molecule has 1 aliphatic heterocycles. The summed E-state index contributed by atoms with van der Waals surface area (Å²) in [4.78, 5) is 4.70. The molecular weight excluding hydrogens is 411 g/mol. The van der Waals surface area contributed by atoms with Gasteiger partial charge in [0.1, 0.15) is 0 Å². The van der Waals surface area contributed by atoms with E-state index in [-0.39, 0.29) is 0 Å². The number of rotatable bonds is 2. The monoisotopic (exact) mass is 424 g/mol. The molecule has 0 spiro atoms. The molecule has 2 rings (SSSR count). The Morgan fingerprint density at radius 3 is 2.94 bits per heavy atom. The first-order chi connectivity index (χ1) is 8.06. The van der Waals surface area contributed by atoms with E-state index in [0.717, 1.165) is 21.1 Å². The van der Waals surface area contributed by atoms with Crippen molar-refractivity contribution in [1.29, 1.82) is 0 Å². The van der Waals surface area contributed by atoms with E-state index < -0.39 is 0 Å². The van der Waals surface area contributed by atoms with Crippen LogP contribution < -0.4 is 5.32 Å². The minimum atomic E-state index is 0.448. The Labute approximate surface area is 128 Å². The molecule has 0 bridgehead atoms. The quantitative estimate of drug-likeness (QED) is 0.702. The molecular formula is C12H14BrIN2S. The van der Waals surface area contributed by atoms with Crippen LogP contribution in [0.3, 0.4) is 0 Å². The minimum Gasteiger partial charge on any atom is -0.334 e. The van der Waals surface area contributed by atoms with Crippen molar-refractivity contribution in [3.8, 4) is 0 Å². The van der Waals surface area contributed by atoms with Gasteiger partial charge in [-0.3, -0.25) is 4.99 Å². The van der Waals surface area contributed by atoms with E-state index in [4.69, 9.17) is 4.99 Å². The van der Waals surface area contributed by atoms with Crippen LogP contribution in [0.25, 0.3) is 0 Å². The Kier molecular flexibility index (Phi) is 4.77. The molecule has 1 aromatic rings. The van der Waals surface area contributed by atoms with Crippen molar-refractivity contribution in [3.63, 3.8) is 0 Å². The molecule has 0 fully saturated rings. The molecule has 0 aliphatic carbocycles. The fraction of sp³-hybridized carbons (Fsp3) is 0.417. The van der Waals surface area contributed by atoms with Gasteiger partial charge in [-0.2, -0.15) is 0 Å². The number of halogens is 2. The van der Waals surface area contributed by atoms with Crippen LogP contribution in [0.1, 0.15) is 13.8 Å². The SMILES string of the molecule is CC(C)C1CSC(Nc2cc(I)ccc2Br)=N1. The number of thioether (sulfide) groups is 1. The normalized spacial score (nSPS) is 19.6. The van der Waals surface area contributed by atoms with Crippen LogP contribution in [0.2, 0.25) is 0 Å². The molecule has 1 atom stereocenters. The number of benzene rings is 1. The fourth-order valence-electron chi connectivity index (χ4n) is 1.51. The molecule has 0 saturated carbocycles. The van der Waals surface area contributed by atoms with Gasteiger partial charge in [0.25, 0.3) is 0 Å². The summed E-state index contributed by atoms with van der Waals surface area (Å²) < 4.78 is 2.30. The lowest BCUT2D eigenvalue weighted by Gasteiger charge is -2.09. The molecule has 92 valence electrons. The number of hydrogen-bond acceptors (Lipinski definition) is 3. The molecule has 2 nitrogen and oxygen atoms in total. The van der Waals surface area contributed by atoms with E-state index in [0.29, 0.717) is 12.0 Å². The van der Waals surface area contributed by atoms with Gasteiger partial charge in [-0.1, -0.05) is 25.6 Å². The molecule has 1 aliphatic rings. The minimum absolute atomic E-state index is 0.448. The van der Waals surface area contributed by atoms with Crippen LogP contribution in [-0.4, -0.2) is 17.0 Å². The molecule has 0 amide bonds. The zero-order chi connectivity index (χ0) is 12.4. The predicted octanol–water partition coefficient (Wildman–Crippen LogP) is 4.59. The van der Waals surface area contributed by atoms with Gasteiger partial charge in [-0.15, -0.1) is 0 Å². The maximum absolute atomic E-state index is 4.70. The first-order valence-electron chi connectivity index (χ1n) is 5.49. The zero-order valence-corrected chi connectivity index (χ0v) is 14.3. The second-order valence-electron chi connectivity index (χ2n) is 4.31. The average Bonchev–Trinajstić information content (AvgIpc) is 2.72. The maximum atomic E-state index is 4.70. The van der Waals surface area contributed by atoms with Gasteiger partial charge in [-0.25, -0.2) is 0 Å². The molecule has 17 heavy (non-hydrogen) atoms. The van der Waals surface area contributed by atoms with Crippen molar-refractivity contribution >= 4 is 61.1 Å². The highest BCUT2D eigenvalue weighted by Gasteiger charge is 2.21. The molecule has 1 unspecified atom stereocenters. The van der Waals surface area contributed by atoms with Crippen LogP contribution in [0.15, 0.2) is 27.7 Å². The van der Waals surface area contributed by atoms with Crippen molar-refractivity contribution in [2.45, 2.75) is 19.9 Å². The highest BCUT2D eigenvalue weighted by Crippen LogP contribution is 2.28. The van der Waals surface area contributed by atoms with Gasteiger partial charge in [0.15, 0.2) is 5.17 Å². The summed E-state index contributed by atoms with van der Waals surface area (Å²) in [5, 5.41) is 4.43. The zero-order valence-electron chi connectivity index (χ0n) is 9.71. The Hall–Kier alpha value is 0.250. The first-order valence-corrected chi connectivity index (χ1v) is 8.34. The number of hydrogen-bond donors (Lipinski definition) is 1.